The SMILES string of the molecule is COc1ccc([C@H]2CC(=O)N(CC(=O)N3CCOCC3)c3ccccc3S2(=O)=O)cc1OC. The molecule has 2 aliphatic heterocycles. The molecule has 2 aromatic rings. The number of carbonyl (C=O) groups is 2. The number of methoxy groups -OCH3 is 2. The van der Waals surface area contributed by atoms with Crippen LogP contribution in [0, 0.1) is 0 Å². The van der Waals surface area contributed by atoms with E-state index < -0.39 is 21.0 Å². The second-order valence-electron chi connectivity index (χ2n) is 7.79. The molecule has 0 N–H and O–H groups in total. The highest BCUT2D eigenvalue weighted by Gasteiger charge is 2.40. The van der Waals surface area contributed by atoms with Crippen LogP contribution in [0.3, 0.4) is 0 Å². The maximum absolute atomic E-state index is 13.7. The summed E-state index contributed by atoms with van der Waals surface area (Å²) >= 11 is 0. The molecule has 0 aromatic heterocycles. The molecule has 0 spiro atoms. The van der Waals surface area contributed by atoms with Gasteiger partial charge in [-0.25, -0.2) is 8.42 Å². The Labute approximate surface area is 192 Å². The van der Waals surface area contributed by atoms with E-state index in [1.54, 1.807) is 41.3 Å². The van der Waals surface area contributed by atoms with E-state index in [1.165, 1.54) is 25.2 Å². The Morgan fingerprint density at radius 2 is 1.76 bits per heavy atom. The van der Waals surface area contributed by atoms with Crippen molar-refractivity contribution in [2.45, 2.75) is 16.6 Å². The van der Waals surface area contributed by atoms with Crippen molar-refractivity contribution in [1.29, 1.82) is 0 Å². The van der Waals surface area contributed by atoms with Crippen LogP contribution in [-0.2, 0) is 24.2 Å². The van der Waals surface area contributed by atoms with Gasteiger partial charge >= 0.3 is 0 Å². The molecule has 0 unspecified atom stereocenters. The zero-order valence-corrected chi connectivity index (χ0v) is 19.3. The van der Waals surface area contributed by atoms with Gasteiger partial charge < -0.3 is 24.0 Å². The van der Waals surface area contributed by atoms with Gasteiger partial charge in [-0.05, 0) is 29.8 Å². The van der Waals surface area contributed by atoms with Crippen molar-refractivity contribution in [3.8, 4) is 11.5 Å². The maximum atomic E-state index is 13.7. The minimum absolute atomic E-state index is 0.0189. The number of morpholine rings is 1. The summed E-state index contributed by atoms with van der Waals surface area (Å²) < 4.78 is 43.3. The van der Waals surface area contributed by atoms with Crippen LogP contribution < -0.4 is 14.4 Å². The maximum Gasteiger partial charge on any atom is 0.242 e. The monoisotopic (exact) mass is 474 g/mol. The average molecular weight is 475 g/mol. The van der Waals surface area contributed by atoms with E-state index >= 15 is 0 Å². The number of rotatable bonds is 5. The van der Waals surface area contributed by atoms with Gasteiger partial charge in [0.05, 0.1) is 43.3 Å². The molecule has 33 heavy (non-hydrogen) atoms. The second-order valence-corrected chi connectivity index (χ2v) is 9.89. The molecule has 1 saturated heterocycles. The summed E-state index contributed by atoms with van der Waals surface area (Å²) in [5.74, 6) is 0.139. The van der Waals surface area contributed by atoms with Crippen LogP contribution in [0.1, 0.15) is 17.2 Å². The van der Waals surface area contributed by atoms with Crippen LogP contribution in [0.5, 0.6) is 11.5 Å². The Balaban J connectivity index is 1.74. The van der Waals surface area contributed by atoms with Crippen LogP contribution in [0.15, 0.2) is 47.4 Å². The zero-order valence-electron chi connectivity index (χ0n) is 18.5. The summed E-state index contributed by atoms with van der Waals surface area (Å²) in [5.41, 5.74) is 0.629. The van der Waals surface area contributed by atoms with Crippen molar-refractivity contribution in [3.63, 3.8) is 0 Å². The highest BCUT2D eigenvalue weighted by Crippen LogP contribution is 2.42. The number of sulfone groups is 1. The molecule has 9 nitrogen and oxygen atoms in total. The molecule has 0 aliphatic carbocycles. The largest absolute Gasteiger partial charge is 0.493 e. The van der Waals surface area contributed by atoms with Crippen molar-refractivity contribution >= 4 is 27.3 Å². The predicted octanol–water partition coefficient (Wildman–Crippen LogP) is 1.81. The minimum Gasteiger partial charge on any atom is -0.493 e. The number of nitrogens with zero attached hydrogens (tertiary/aromatic N) is 2. The fourth-order valence-corrected chi connectivity index (χ4v) is 6.07. The van der Waals surface area contributed by atoms with Gasteiger partial charge in [-0.3, -0.25) is 9.59 Å². The van der Waals surface area contributed by atoms with Crippen molar-refractivity contribution in [2.75, 3.05) is 52.0 Å². The number of hydrogen-bond acceptors (Lipinski definition) is 7. The van der Waals surface area contributed by atoms with Gasteiger partial charge in [-0.2, -0.15) is 0 Å². The van der Waals surface area contributed by atoms with Crippen LogP contribution in [0.25, 0.3) is 0 Å². The van der Waals surface area contributed by atoms with E-state index in [0.717, 1.165) is 0 Å². The highest BCUT2D eigenvalue weighted by atomic mass is 32.2. The molecule has 0 radical (unpaired) electrons. The van der Waals surface area contributed by atoms with Gasteiger partial charge in [0.1, 0.15) is 6.54 Å². The molecule has 1 fully saturated rings. The zero-order chi connectivity index (χ0) is 23.6. The Kier molecular flexibility index (Phi) is 6.57. The lowest BCUT2D eigenvalue weighted by Gasteiger charge is -2.30. The molecule has 2 aliphatic rings. The summed E-state index contributed by atoms with van der Waals surface area (Å²) in [5, 5.41) is -1.13. The third-order valence-corrected chi connectivity index (χ3v) is 8.08. The Bertz CT molecular complexity index is 1160. The molecule has 2 heterocycles. The first-order chi connectivity index (χ1) is 15.9. The van der Waals surface area contributed by atoms with E-state index in [9.17, 15) is 18.0 Å². The fraction of sp³-hybridized carbons (Fsp3) is 0.391. The summed E-state index contributed by atoms with van der Waals surface area (Å²) in [6.07, 6.45) is -0.303. The number of amides is 2. The standard InChI is InChI=1S/C23H26N2O7S/c1-30-18-8-7-16(13-19(18)31-2)21-14-22(26)25(15-23(27)24-9-11-32-12-10-24)17-5-3-4-6-20(17)33(21,28)29/h3-8,13,21H,9-12,14-15H2,1-2H3/t21-/m1/s1. The van der Waals surface area contributed by atoms with E-state index in [4.69, 9.17) is 14.2 Å². The van der Waals surface area contributed by atoms with Crippen LogP contribution in [-0.4, -0.2) is 72.2 Å². The molecule has 2 amide bonds. The molecule has 0 saturated carbocycles. The molecule has 0 bridgehead atoms. The third kappa shape index (κ3) is 4.40. The number of ether oxygens (including phenoxy) is 3. The van der Waals surface area contributed by atoms with Gasteiger partial charge in [0.2, 0.25) is 11.8 Å². The number of para-hydroxylation sites is 1. The lowest BCUT2D eigenvalue weighted by atomic mass is 10.1. The van der Waals surface area contributed by atoms with Gasteiger partial charge in [0.15, 0.2) is 21.3 Å². The van der Waals surface area contributed by atoms with Gasteiger partial charge in [0.25, 0.3) is 0 Å². The number of fused-ring (bicyclic) bond motifs is 1. The lowest BCUT2D eigenvalue weighted by Crippen LogP contribution is -2.47. The Hall–Kier alpha value is -3.11. The molecule has 10 heteroatoms. The third-order valence-electron chi connectivity index (χ3n) is 5.93. The van der Waals surface area contributed by atoms with Crippen LogP contribution in [0.4, 0.5) is 5.69 Å². The molecular formula is C23H26N2O7S. The number of hydrogen-bond donors (Lipinski definition) is 0. The Morgan fingerprint density at radius 3 is 2.45 bits per heavy atom. The first-order valence-corrected chi connectivity index (χ1v) is 12.1. The van der Waals surface area contributed by atoms with Crippen LogP contribution >= 0.6 is 0 Å². The second kappa shape index (κ2) is 9.40. The fourth-order valence-electron chi connectivity index (χ4n) is 4.16. The summed E-state index contributed by atoms with van der Waals surface area (Å²) in [7, 11) is -0.997. The first-order valence-electron chi connectivity index (χ1n) is 10.6. The smallest absolute Gasteiger partial charge is 0.242 e. The number of anilines is 1. The quantitative estimate of drug-likeness (QED) is 0.651. The van der Waals surface area contributed by atoms with Gasteiger partial charge in [0, 0.05) is 19.5 Å². The first kappa shape index (κ1) is 23.1. The number of carbonyl (C=O) groups excluding carboxylic acids is 2. The van der Waals surface area contributed by atoms with E-state index in [0.29, 0.717) is 43.4 Å². The van der Waals surface area contributed by atoms with E-state index in [-0.39, 0.29) is 29.5 Å². The van der Waals surface area contributed by atoms with E-state index in [1.807, 2.05) is 0 Å². The normalized spacial score (nSPS) is 20.1. The average Bonchev–Trinajstić information content (AvgIpc) is 2.92. The van der Waals surface area contributed by atoms with Crippen molar-refractivity contribution in [3.05, 3.63) is 48.0 Å². The number of benzene rings is 2. The van der Waals surface area contributed by atoms with Gasteiger partial charge in [-0.1, -0.05) is 18.2 Å². The van der Waals surface area contributed by atoms with E-state index in [2.05, 4.69) is 0 Å². The predicted molar refractivity (Wildman–Crippen MR) is 120 cm³/mol. The molecule has 4 rings (SSSR count). The van der Waals surface area contributed by atoms with Crippen LogP contribution in [0.2, 0.25) is 0 Å². The molecule has 176 valence electrons. The molecular weight excluding hydrogens is 448 g/mol. The van der Waals surface area contributed by atoms with Gasteiger partial charge in [-0.15, -0.1) is 0 Å². The minimum atomic E-state index is -3.95. The lowest BCUT2D eigenvalue weighted by molar-refractivity contribution is -0.135. The summed E-state index contributed by atoms with van der Waals surface area (Å²) in [4.78, 5) is 29.2. The summed E-state index contributed by atoms with van der Waals surface area (Å²) in [6, 6.07) is 11.1. The summed E-state index contributed by atoms with van der Waals surface area (Å²) in [6.45, 7) is 1.52. The molecule has 2 aromatic carbocycles. The highest BCUT2D eigenvalue weighted by molar-refractivity contribution is 7.92. The Morgan fingerprint density at radius 1 is 1.06 bits per heavy atom. The van der Waals surface area contributed by atoms with Crippen molar-refractivity contribution < 1.29 is 32.2 Å². The molecule has 1 atom stereocenters. The topological polar surface area (TPSA) is 102 Å². The van der Waals surface area contributed by atoms with Crippen molar-refractivity contribution in [2.24, 2.45) is 0 Å². The van der Waals surface area contributed by atoms with Crippen molar-refractivity contribution in [1.82, 2.24) is 4.90 Å².